The molecule has 18 heavy (non-hydrogen) atoms. The van der Waals surface area contributed by atoms with Crippen LogP contribution in [0.5, 0.6) is 0 Å². The van der Waals surface area contributed by atoms with Crippen molar-refractivity contribution in [2.45, 2.75) is 6.10 Å². The van der Waals surface area contributed by atoms with Crippen LogP contribution in [-0.4, -0.2) is 10.9 Å². The van der Waals surface area contributed by atoms with E-state index in [1.165, 1.54) is 0 Å². The van der Waals surface area contributed by atoms with Gasteiger partial charge >= 0.3 is 0 Å². The summed E-state index contributed by atoms with van der Waals surface area (Å²) in [5.41, 5.74) is 1.15. The quantitative estimate of drug-likeness (QED) is 0.433. The highest BCUT2D eigenvalue weighted by Gasteiger charge is 2.18. The molecule has 0 bridgehead atoms. The van der Waals surface area contributed by atoms with E-state index in [1.54, 1.807) is 48.5 Å². The summed E-state index contributed by atoms with van der Waals surface area (Å²) in [7, 11) is 0. The Kier molecular flexibility index (Phi) is 5.73. The highest BCUT2D eigenvalue weighted by molar-refractivity contribution is 5.99. The van der Waals surface area contributed by atoms with E-state index >= 15 is 0 Å². The van der Waals surface area contributed by atoms with Gasteiger partial charge in [-0.25, -0.2) is 0 Å². The molecule has 0 radical (unpaired) electrons. The molecule has 2 rings (SSSR count). The fraction of sp³-hybridized carbons (Fsp3) is 0.0714. The van der Waals surface area contributed by atoms with Gasteiger partial charge in [-0.3, -0.25) is 16.5 Å². The van der Waals surface area contributed by atoms with Gasteiger partial charge in [0.15, 0.2) is 5.78 Å². The number of hydrazine groups is 1. The molecular formula is C14H16N2O2. The van der Waals surface area contributed by atoms with E-state index in [0.29, 0.717) is 11.1 Å². The summed E-state index contributed by atoms with van der Waals surface area (Å²) in [6.45, 7) is 0. The molecule has 94 valence electrons. The monoisotopic (exact) mass is 244 g/mol. The average molecular weight is 244 g/mol. The van der Waals surface area contributed by atoms with Crippen LogP contribution >= 0.6 is 0 Å². The molecule has 4 nitrogen and oxygen atoms in total. The van der Waals surface area contributed by atoms with Crippen LogP contribution in [0.15, 0.2) is 60.7 Å². The molecule has 0 spiro atoms. The van der Waals surface area contributed by atoms with Gasteiger partial charge in [0.25, 0.3) is 0 Å². The maximum absolute atomic E-state index is 11.9. The molecule has 0 heterocycles. The maximum Gasteiger partial charge on any atom is 0.195 e. The van der Waals surface area contributed by atoms with Gasteiger partial charge < -0.3 is 5.11 Å². The number of nitrogens with two attached hydrogens (primary N) is 2. The molecular weight excluding hydrogens is 228 g/mol. The van der Waals surface area contributed by atoms with Gasteiger partial charge in [0.1, 0.15) is 6.10 Å². The van der Waals surface area contributed by atoms with E-state index in [4.69, 9.17) is 0 Å². The molecule has 5 N–H and O–H groups in total. The number of Topliss-reactive ketones (excluding diaryl/α,β-unsaturated/α-hetero) is 1. The molecule has 1 atom stereocenters. The van der Waals surface area contributed by atoms with Crippen molar-refractivity contribution in [2.75, 3.05) is 0 Å². The van der Waals surface area contributed by atoms with Gasteiger partial charge in [0.2, 0.25) is 0 Å². The Bertz CT molecular complexity index is 472. The van der Waals surface area contributed by atoms with Gasteiger partial charge in [-0.05, 0) is 5.56 Å². The average Bonchev–Trinajstić information content (AvgIpc) is 2.49. The zero-order valence-electron chi connectivity index (χ0n) is 9.86. The van der Waals surface area contributed by atoms with E-state index in [1.807, 2.05) is 12.1 Å². The van der Waals surface area contributed by atoms with Crippen molar-refractivity contribution in [3.63, 3.8) is 0 Å². The van der Waals surface area contributed by atoms with Crippen molar-refractivity contribution in [1.29, 1.82) is 0 Å². The molecule has 0 aromatic heterocycles. The molecule has 2 aromatic carbocycles. The molecule has 0 fully saturated rings. The smallest absolute Gasteiger partial charge is 0.195 e. The van der Waals surface area contributed by atoms with Crippen molar-refractivity contribution in [3.05, 3.63) is 71.8 Å². The lowest BCUT2D eigenvalue weighted by Crippen LogP contribution is -2.11. The van der Waals surface area contributed by atoms with Crippen molar-refractivity contribution in [3.8, 4) is 0 Å². The largest absolute Gasteiger partial charge is 0.380 e. The van der Waals surface area contributed by atoms with Crippen LogP contribution in [0.2, 0.25) is 0 Å². The van der Waals surface area contributed by atoms with E-state index in [0.717, 1.165) is 0 Å². The lowest BCUT2D eigenvalue weighted by molar-refractivity contribution is 0.0747. The summed E-state index contributed by atoms with van der Waals surface area (Å²) < 4.78 is 0. The minimum Gasteiger partial charge on any atom is -0.380 e. The molecule has 0 aliphatic heterocycles. The fourth-order valence-corrected chi connectivity index (χ4v) is 1.55. The molecule has 0 aliphatic carbocycles. The normalized spacial score (nSPS) is 11.1. The van der Waals surface area contributed by atoms with Crippen LogP contribution in [0.25, 0.3) is 0 Å². The summed E-state index contributed by atoms with van der Waals surface area (Å²) in [5.74, 6) is 7.73. The fourth-order valence-electron chi connectivity index (χ4n) is 1.55. The van der Waals surface area contributed by atoms with Gasteiger partial charge in [0.05, 0.1) is 0 Å². The number of ketones is 1. The van der Waals surface area contributed by atoms with E-state index in [-0.39, 0.29) is 5.78 Å². The lowest BCUT2D eigenvalue weighted by Gasteiger charge is -2.09. The first-order valence-corrected chi connectivity index (χ1v) is 5.44. The van der Waals surface area contributed by atoms with Crippen LogP contribution in [-0.2, 0) is 0 Å². The minimum atomic E-state index is -1.08. The third-order valence-electron chi connectivity index (χ3n) is 2.42. The number of aliphatic hydroxyl groups is 1. The van der Waals surface area contributed by atoms with Gasteiger partial charge in [-0.1, -0.05) is 60.7 Å². The van der Waals surface area contributed by atoms with Crippen LogP contribution in [0.1, 0.15) is 22.0 Å². The Labute approximate surface area is 106 Å². The highest BCUT2D eigenvalue weighted by Crippen LogP contribution is 2.17. The lowest BCUT2D eigenvalue weighted by atomic mass is 10.0. The highest BCUT2D eigenvalue weighted by atomic mass is 16.3. The second kappa shape index (κ2) is 7.34. The number of carbonyl (C=O) groups excluding carboxylic acids is 1. The Balaban J connectivity index is 0.000000771. The molecule has 0 amide bonds. The van der Waals surface area contributed by atoms with Gasteiger partial charge in [-0.15, -0.1) is 0 Å². The second-order valence-electron chi connectivity index (χ2n) is 3.54. The van der Waals surface area contributed by atoms with Crippen molar-refractivity contribution in [2.24, 2.45) is 11.7 Å². The summed E-state index contributed by atoms with van der Waals surface area (Å²) in [4.78, 5) is 11.9. The summed E-state index contributed by atoms with van der Waals surface area (Å²) >= 11 is 0. The number of carbonyl (C=O) groups is 1. The molecule has 0 aliphatic rings. The zero-order valence-corrected chi connectivity index (χ0v) is 9.86. The first-order chi connectivity index (χ1) is 8.79. The van der Waals surface area contributed by atoms with Crippen LogP contribution < -0.4 is 11.7 Å². The SMILES string of the molecule is NN.O=C(c1ccccc1)C(O)c1ccccc1. The predicted octanol–water partition coefficient (Wildman–Crippen LogP) is 1.42. The second-order valence-corrected chi connectivity index (χ2v) is 3.54. The Morgan fingerprint density at radius 3 is 1.83 bits per heavy atom. The van der Waals surface area contributed by atoms with Crippen LogP contribution in [0.3, 0.4) is 0 Å². The summed E-state index contributed by atoms with van der Waals surface area (Å²) in [6, 6.07) is 17.7. The minimum absolute atomic E-state index is 0.271. The number of benzene rings is 2. The van der Waals surface area contributed by atoms with Crippen molar-refractivity contribution >= 4 is 5.78 Å². The maximum atomic E-state index is 11.9. The first kappa shape index (κ1) is 14.1. The Morgan fingerprint density at radius 2 is 1.33 bits per heavy atom. The predicted molar refractivity (Wildman–Crippen MR) is 70.5 cm³/mol. The van der Waals surface area contributed by atoms with E-state index < -0.39 is 6.10 Å². The molecule has 0 saturated heterocycles. The van der Waals surface area contributed by atoms with Crippen LogP contribution in [0.4, 0.5) is 0 Å². The van der Waals surface area contributed by atoms with Gasteiger partial charge in [-0.2, -0.15) is 0 Å². The van der Waals surface area contributed by atoms with Gasteiger partial charge in [0, 0.05) is 5.56 Å². The molecule has 4 heteroatoms. The molecule has 1 unspecified atom stereocenters. The number of hydrogen-bond donors (Lipinski definition) is 3. The third kappa shape index (κ3) is 3.49. The summed E-state index contributed by atoms with van der Waals surface area (Å²) in [5, 5.41) is 9.89. The molecule has 2 aromatic rings. The Morgan fingerprint density at radius 1 is 0.889 bits per heavy atom. The number of hydrogen-bond acceptors (Lipinski definition) is 4. The van der Waals surface area contributed by atoms with Crippen LogP contribution in [0, 0.1) is 0 Å². The summed E-state index contributed by atoms with van der Waals surface area (Å²) in [6.07, 6.45) is -1.08. The van der Waals surface area contributed by atoms with Crippen molar-refractivity contribution < 1.29 is 9.90 Å². The number of rotatable bonds is 3. The Hall–Kier alpha value is -2.01. The number of aliphatic hydroxyl groups excluding tert-OH is 1. The molecule has 0 saturated carbocycles. The topological polar surface area (TPSA) is 89.3 Å². The standard InChI is InChI=1S/C14H12O2.H4N2/c15-13(11-7-3-1-4-8-11)14(16)12-9-5-2-6-10-12;1-2/h1-10,13,15H;1-2H2. The van der Waals surface area contributed by atoms with E-state index in [2.05, 4.69) is 11.7 Å². The third-order valence-corrected chi connectivity index (χ3v) is 2.42. The first-order valence-electron chi connectivity index (χ1n) is 5.44. The van der Waals surface area contributed by atoms with Crippen molar-refractivity contribution in [1.82, 2.24) is 0 Å². The zero-order chi connectivity index (χ0) is 13.4. The van der Waals surface area contributed by atoms with E-state index in [9.17, 15) is 9.90 Å².